The number of ether oxygens (including phenoxy) is 1. The molecule has 5 N–H and O–H groups in total. The van der Waals surface area contributed by atoms with Gasteiger partial charge in [0.25, 0.3) is 5.91 Å². The SMILES string of the molecule is CCn1nc(C)cc1C(=O)Nc1nc2cc(C(=O)OC)ccc2n1C/C=C/Cn1c(N)nc2cc(C(N)=O)ccc21. The number of anilines is 2. The third-order valence-electron chi connectivity index (χ3n) is 6.63. The third-order valence-corrected chi connectivity index (χ3v) is 6.63. The molecular weight excluding hydrogens is 526 g/mol. The number of imidazole rings is 2. The van der Waals surface area contributed by atoms with E-state index in [0.29, 0.717) is 64.9 Å². The van der Waals surface area contributed by atoms with Crippen molar-refractivity contribution in [2.45, 2.75) is 33.5 Å². The minimum Gasteiger partial charge on any atom is -0.465 e. The van der Waals surface area contributed by atoms with E-state index in [2.05, 4.69) is 20.4 Å². The normalized spacial score (nSPS) is 11.5. The summed E-state index contributed by atoms with van der Waals surface area (Å²) in [5.41, 5.74) is 15.9. The maximum absolute atomic E-state index is 13.2. The van der Waals surface area contributed by atoms with Gasteiger partial charge in [-0.1, -0.05) is 12.2 Å². The van der Waals surface area contributed by atoms with Gasteiger partial charge in [-0.2, -0.15) is 5.10 Å². The molecule has 2 aromatic carbocycles. The molecule has 0 radical (unpaired) electrons. The van der Waals surface area contributed by atoms with Crippen molar-refractivity contribution in [1.82, 2.24) is 28.9 Å². The molecule has 41 heavy (non-hydrogen) atoms. The second-order valence-electron chi connectivity index (χ2n) is 9.30. The van der Waals surface area contributed by atoms with Crippen molar-refractivity contribution in [3.05, 3.63) is 77.1 Å². The molecule has 0 spiro atoms. The van der Waals surface area contributed by atoms with E-state index in [-0.39, 0.29) is 5.91 Å². The van der Waals surface area contributed by atoms with Gasteiger partial charge in [0.15, 0.2) is 0 Å². The monoisotopic (exact) mass is 555 g/mol. The molecule has 2 amide bonds. The molecule has 13 heteroatoms. The van der Waals surface area contributed by atoms with E-state index >= 15 is 0 Å². The number of primary amides is 1. The van der Waals surface area contributed by atoms with Crippen LogP contribution in [0.15, 0.2) is 54.6 Å². The fourth-order valence-electron chi connectivity index (χ4n) is 4.64. The quantitative estimate of drug-likeness (QED) is 0.183. The van der Waals surface area contributed by atoms with Crippen LogP contribution in [0.2, 0.25) is 0 Å². The Morgan fingerprint density at radius 1 is 0.951 bits per heavy atom. The molecule has 0 fully saturated rings. The second-order valence-corrected chi connectivity index (χ2v) is 9.30. The van der Waals surface area contributed by atoms with E-state index in [9.17, 15) is 14.4 Å². The zero-order chi connectivity index (χ0) is 29.3. The number of esters is 1. The van der Waals surface area contributed by atoms with Gasteiger partial charge in [-0.05, 0) is 56.3 Å². The Bertz CT molecular complexity index is 1840. The van der Waals surface area contributed by atoms with Crippen molar-refractivity contribution in [3.63, 3.8) is 0 Å². The van der Waals surface area contributed by atoms with Gasteiger partial charge in [0.05, 0.1) is 40.4 Å². The molecular formula is C28H29N9O4. The number of carbonyl (C=O) groups excluding carboxylic acids is 3. The number of rotatable bonds is 9. The highest BCUT2D eigenvalue weighted by Crippen LogP contribution is 2.23. The average Bonchev–Trinajstić information content (AvgIpc) is 3.61. The van der Waals surface area contributed by atoms with Crippen LogP contribution < -0.4 is 16.8 Å². The number of aryl methyl sites for hydroxylation is 2. The Hall–Kier alpha value is -5.46. The summed E-state index contributed by atoms with van der Waals surface area (Å²) in [6.45, 7) is 5.03. The first kappa shape index (κ1) is 27.1. The van der Waals surface area contributed by atoms with Crippen LogP contribution in [0.25, 0.3) is 22.1 Å². The van der Waals surface area contributed by atoms with E-state index in [1.54, 1.807) is 47.1 Å². The molecule has 0 saturated carbocycles. The molecule has 0 aliphatic heterocycles. The summed E-state index contributed by atoms with van der Waals surface area (Å²) >= 11 is 0. The molecule has 5 rings (SSSR count). The second kappa shape index (κ2) is 11.0. The summed E-state index contributed by atoms with van der Waals surface area (Å²) in [6.07, 6.45) is 3.82. The van der Waals surface area contributed by atoms with E-state index in [4.69, 9.17) is 16.2 Å². The molecule has 210 valence electrons. The summed E-state index contributed by atoms with van der Waals surface area (Å²) in [6, 6.07) is 11.7. The van der Waals surface area contributed by atoms with Crippen LogP contribution in [-0.2, 0) is 24.4 Å². The topological polar surface area (TPSA) is 178 Å². The molecule has 0 aliphatic carbocycles. The molecule has 3 heterocycles. The number of nitrogens with zero attached hydrogens (tertiary/aromatic N) is 6. The van der Waals surface area contributed by atoms with Gasteiger partial charge in [-0.15, -0.1) is 0 Å². The summed E-state index contributed by atoms with van der Waals surface area (Å²) in [5, 5.41) is 7.25. The molecule has 5 aromatic rings. The summed E-state index contributed by atoms with van der Waals surface area (Å²) < 4.78 is 10.1. The third kappa shape index (κ3) is 5.24. The number of methoxy groups -OCH3 is 1. The number of allylic oxidation sites excluding steroid dienone is 2. The van der Waals surface area contributed by atoms with Gasteiger partial charge in [0.1, 0.15) is 5.69 Å². The zero-order valence-corrected chi connectivity index (χ0v) is 22.8. The Morgan fingerprint density at radius 2 is 1.59 bits per heavy atom. The number of amides is 2. The van der Waals surface area contributed by atoms with Crippen molar-refractivity contribution in [2.24, 2.45) is 5.73 Å². The summed E-state index contributed by atoms with van der Waals surface area (Å²) in [7, 11) is 1.31. The summed E-state index contributed by atoms with van der Waals surface area (Å²) in [4.78, 5) is 45.8. The van der Waals surface area contributed by atoms with Gasteiger partial charge in [0.2, 0.25) is 17.8 Å². The number of nitrogens with one attached hydrogen (secondary N) is 1. The fraction of sp³-hybridized carbons (Fsp3) is 0.214. The number of carbonyl (C=O) groups is 3. The van der Waals surface area contributed by atoms with E-state index in [0.717, 1.165) is 11.2 Å². The van der Waals surface area contributed by atoms with Crippen LogP contribution in [0, 0.1) is 6.92 Å². The number of nitrogen functional groups attached to an aromatic ring is 1. The lowest BCUT2D eigenvalue weighted by atomic mass is 10.2. The van der Waals surface area contributed by atoms with Gasteiger partial charge in [-0.3, -0.25) is 19.6 Å². The van der Waals surface area contributed by atoms with Crippen LogP contribution in [0.1, 0.15) is 43.8 Å². The van der Waals surface area contributed by atoms with E-state index in [1.165, 1.54) is 7.11 Å². The zero-order valence-electron chi connectivity index (χ0n) is 22.8. The van der Waals surface area contributed by atoms with Crippen molar-refractivity contribution in [2.75, 3.05) is 18.2 Å². The van der Waals surface area contributed by atoms with Crippen LogP contribution in [-0.4, -0.2) is 53.8 Å². The van der Waals surface area contributed by atoms with Crippen LogP contribution in [0.5, 0.6) is 0 Å². The van der Waals surface area contributed by atoms with Crippen molar-refractivity contribution in [1.29, 1.82) is 0 Å². The summed E-state index contributed by atoms with van der Waals surface area (Å²) in [5.74, 6) is -0.768. The lowest BCUT2D eigenvalue weighted by Gasteiger charge is -2.09. The first-order valence-electron chi connectivity index (χ1n) is 12.8. The van der Waals surface area contributed by atoms with Crippen LogP contribution in [0.3, 0.4) is 0 Å². The number of hydrogen-bond donors (Lipinski definition) is 3. The van der Waals surface area contributed by atoms with Gasteiger partial charge < -0.3 is 25.3 Å². The molecule has 3 aromatic heterocycles. The highest BCUT2D eigenvalue weighted by atomic mass is 16.5. The predicted molar refractivity (Wildman–Crippen MR) is 153 cm³/mol. The standard InChI is InChI=1S/C28H29N9O4/c1-4-37-23(13-16(2)34-37)25(39)33-28-32-20-15-18(26(40)41-3)8-10-22(20)36(28)12-6-5-11-35-21-9-7-17(24(29)38)14-19(21)31-27(35)30/h5-10,13-15H,4,11-12H2,1-3H3,(H2,29,38)(H2,30,31)(H,32,33,39)/b6-5+. The fourth-order valence-corrected chi connectivity index (χ4v) is 4.64. The van der Waals surface area contributed by atoms with Gasteiger partial charge >= 0.3 is 5.97 Å². The molecule has 0 bridgehead atoms. The van der Waals surface area contributed by atoms with Gasteiger partial charge in [0, 0.05) is 25.2 Å². The molecule has 0 aliphatic rings. The van der Waals surface area contributed by atoms with E-state index < -0.39 is 11.9 Å². The van der Waals surface area contributed by atoms with Crippen LogP contribution in [0.4, 0.5) is 11.9 Å². The maximum Gasteiger partial charge on any atom is 0.337 e. The lowest BCUT2D eigenvalue weighted by Crippen LogP contribution is -2.19. The number of hydrogen-bond acceptors (Lipinski definition) is 8. The molecule has 0 atom stereocenters. The minimum absolute atomic E-state index is 0.297. The first-order valence-corrected chi connectivity index (χ1v) is 12.8. The van der Waals surface area contributed by atoms with Crippen molar-refractivity contribution < 1.29 is 19.1 Å². The van der Waals surface area contributed by atoms with E-state index in [1.807, 2.05) is 35.1 Å². The predicted octanol–water partition coefficient (Wildman–Crippen LogP) is 2.89. The Kier molecular flexibility index (Phi) is 7.25. The highest BCUT2D eigenvalue weighted by molar-refractivity contribution is 6.03. The largest absolute Gasteiger partial charge is 0.465 e. The maximum atomic E-state index is 13.2. The van der Waals surface area contributed by atoms with Crippen molar-refractivity contribution in [3.8, 4) is 0 Å². The molecule has 13 nitrogen and oxygen atoms in total. The molecule has 0 unspecified atom stereocenters. The Morgan fingerprint density at radius 3 is 2.27 bits per heavy atom. The number of benzene rings is 2. The Labute approximate surface area is 234 Å². The number of nitrogens with two attached hydrogens (primary N) is 2. The lowest BCUT2D eigenvalue weighted by molar-refractivity contribution is 0.0600. The average molecular weight is 556 g/mol. The van der Waals surface area contributed by atoms with Gasteiger partial charge in [-0.25, -0.2) is 14.8 Å². The number of aromatic nitrogens is 6. The van der Waals surface area contributed by atoms with Crippen molar-refractivity contribution >= 4 is 51.7 Å². The first-order chi connectivity index (χ1) is 19.7. The molecule has 0 saturated heterocycles. The highest BCUT2D eigenvalue weighted by Gasteiger charge is 2.19. The number of fused-ring (bicyclic) bond motifs is 2. The minimum atomic E-state index is -0.539. The van der Waals surface area contributed by atoms with Crippen LogP contribution >= 0.6 is 0 Å². The Balaban J connectivity index is 1.44. The smallest absolute Gasteiger partial charge is 0.337 e.